The first-order chi connectivity index (χ1) is 10.0. The van der Waals surface area contributed by atoms with Gasteiger partial charge in [-0.1, -0.05) is 12.1 Å². The van der Waals surface area contributed by atoms with Crippen molar-refractivity contribution in [2.45, 2.75) is 33.7 Å². The normalized spacial score (nSPS) is 11.4. The largest absolute Gasteiger partial charge is 0.361 e. The number of aromatic amines is 1. The highest BCUT2D eigenvalue weighted by Crippen LogP contribution is 2.22. The van der Waals surface area contributed by atoms with E-state index in [1.54, 1.807) is 15.9 Å². The summed E-state index contributed by atoms with van der Waals surface area (Å²) < 4.78 is 7.14. The molecule has 0 bridgehead atoms. The van der Waals surface area contributed by atoms with Crippen LogP contribution in [0.3, 0.4) is 0 Å². The van der Waals surface area contributed by atoms with Gasteiger partial charge in [0.2, 0.25) is 0 Å². The van der Waals surface area contributed by atoms with Crippen LogP contribution in [0.4, 0.5) is 0 Å². The van der Waals surface area contributed by atoms with Gasteiger partial charge in [0.05, 0.1) is 17.6 Å². The Bertz CT molecular complexity index is 910. The van der Waals surface area contributed by atoms with Crippen LogP contribution in [0.25, 0.3) is 10.2 Å². The van der Waals surface area contributed by atoms with Gasteiger partial charge in [0.1, 0.15) is 10.6 Å². The van der Waals surface area contributed by atoms with Crippen molar-refractivity contribution in [2.75, 3.05) is 0 Å². The topological polar surface area (TPSA) is 63.8 Å². The zero-order chi connectivity index (χ0) is 15.1. The first kappa shape index (κ1) is 14.2. The summed E-state index contributed by atoms with van der Waals surface area (Å²) in [7, 11) is 0. The SMILES string of the molecule is CCc1cc2c(=O)n(Cc3c(C)noc3C)c(=S)[nH]c2s1. The van der Waals surface area contributed by atoms with Crippen molar-refractivity contribution in [3.05, 3.63) is 43.1 Å². The maximum Gasteiger partial charge on any atom is 0.263 e. The highest BCUT2D eigenvalue weighted by molar-refractivity contribution is 7.71. The second-order valence-electron chi connectivity index (χ2n) is 4.93. The van der Waals surface area contributed by atoms with Crippen molar-refractivity contribution in [1.82, 2.24) is 14.7 Å². The van der Waals surface area contributed by atoms with E-state index in [4.69, 9.17) is 16.7 Å². The Labute approximate surface area is 130 Å². The first-order valence-electron chi connectivity index (χ1n) is 6.68. The van der Waals surface area contributed by atoms with Gasteiger partial charge < -0.3 is 9.51 Å². The molecule has 0 spiro atoms. The van der Waals surface area contributed by atoms with E-state index in [0.29, 0.717) is 22.5 Å². The van der Waals surface area contributed by atoms with Crippen LogP contribution in [0.15, 0.2) is 15.4 Å². The fourth-order valence-electron chi connectivity index (χ4n) is 2.30. The average molecular weight is 321 g/mol. The van der Waals surface area contributed by atoms with E-state index in [0.717, 1.165) is 22.5 Å². The number of thiophene rings is 1. The van der Waals surface area contributed by atoms with E-state index >= 15 is 0 Å². The lowest BCUT2D eigenvalue weighted by Crippen LogP contribution is -2.22. The Morgan fingerprint density at radius 3 is 2.86 bits per heavy atom. The lowest BCUT2D eigenvalue weighted by atomic mass is 10.2. The lowest BCUT2D eigenvalue weighted by Gasteiger charge is -2.05. The lowest BCUT2D eigenvalue weighted by molar-refractivity contribution is 0.392. The standard InChI is InChI=1S/C14H15N3O2S2/c1-4-9-5-10-12(21-9)15-14(20)17(13(10)18)6-11-7(2)16-19-8(11)3/h5H,4,6H2,1-3H3,(H,15,20). The molecule has 3 heterocycles. The van der Waals surface area contributed by atoms with Crippen LogP contribution in [0.5, 0.6) is 0 Å². The number of aryl methyl sites for hydroxylation is 3. The van der Waals surface area contributed by atoms with Crippen molar-refractivity contribution >= 4 is 33.8 Å². The number of hydrogen-bond donors (Lipinski definition) is 1. The van der Waals surface area contributed by atoms with Gasteiger partial charge >= 0.3 is 0 Å². The maximum absolute atomic E-state index is 12.7. The summed E-state index contributed by atoms with van der Waals surface area (Å²) in [6.07, 6.45) is 0.906. The molecule has 0 aliphatic rings. The predicted molar refractivity (Wildman–Crippen MR) is 85.7 cm³/mol. The minimum Gasteiger partial charge on any atom is -0.361 e. The number of aromatic nitrogens is 3. The smallest absolute Gasteiger partial charge is 0.263 e. The van der Waals surface area contributed by atoms with Crippen molar-refractivity contribution in [3.8, 4) is 0 Å². The van der Waals surface area contributed by atoms with Crippen LogP contribution in [-0.2, 0) is 13.0 Å². The molecule has 0 atom stereocenters. The molecule has 7 heteroatoms. The molecular formula is C14H15N3O2S2. The Hall–Kier alpha value is -1.73. The average Bonchev–Trinajstić information content (AvgIpc) is 3.00. The molecule has 3 aromatic rings. The third-order valence-electron chi connectivity index (χ3n) is 3.57. The molecule has 0 radical (unpaired) electrons. The van der Waals surface area contributed by atoms with Crippen LogP contribution in [0.1, 0.15) is 28.8 Å². The zero-order valence-corrected chi connectivity index (χ0v) is 13.7. The second-order valence-corrected chi connectivity index (χ2v) is 6.46. The van der Waals surface area contributed by atoms with Gasteiger partial charge in [-0.05, 0) is 38.6 Å². The third kappa shape index (κ3) is 2.36. The molecule has 3 rings (SSSR count). The van der Waals surface area contributed by atoms with Crippen molar-refractivity contribution in [2.24, 2.45) is 0 Å². The number of nitrogens with one attached hydrogen (secondary N) is 1. The van der Waals surface area contributed by atoms with Crippen LogP contribution in [0, 0.1) is 18.6 Å². The van der Waals surface area contributed by atoms with E-state index in [1.807, 2.05) is 19.9 Å². The molecule has 21 heavy (non-hydrogen) atoms. The molecular weight excluding hydrogens is 306 g/mol. The second kappa shape index (κ2) is 5.23. The summed E-state index contributed by atoms with van der Waals surface area (Å²) in [5.74, 6) is 0.716. The van der Waals surface area contributed by atoms with Crippen LogP contribution in [0.2, 0.25) is 0 Å². The highest BCUT2D eigenvalue weighted by Gasteiger charge is 2.14. The maximum atomic E-state index is 12.7. The number of nitrogens with zero attached hydrogens (tertiary/aromatic N) is 2. The van der Waals surface area contributed by atoms with Gasteiger partial charge in [0.25, 0.3) is 5.56 Å². The van der Waals surface area contributed by atoms with E-state index in [1.165, 1.54) is 4.88 Å². The van der Waals surface area contributed by atoms with E-state index in [-0.39, 0.29) is 5.56 Å². The molecule has 1 N–H and O–H groups in total. The molecule has 5 nitrogen and oxygen atoms in total. The molecule has 0 aliphatic heterocycles. The summed E-state index contributed by atoms with van der Waals surface area (Å²) in [5, 5.41) is 4.61. The Balaban J connectivity index is 2.19. The van der Waals surface area contributed by atoms with Gasteiger partial charge in [-0.25, -0.2) is 0 Å². The quantitative estimate of drug-likeness (QED) is 0.752. The predicted octanol–water partition coefficient (Wildman–Crippen LogP) is 3.34. The van der Waals surface area contributed by atoms with Crippen molar-refractivity contribution in [3.63, 3.8) is 0 Å². The number of rotatable bonds is 3. The van der Waals surface area contributed by atoms with Crippen molar-refractivity contribution < 1.29 is 4.52 Å². The Kier molecular flexibility index (Phi) is 3.54. The molecule has 0 fully saturated rings. The van der Waals surface area contributed by atoms with E-state index in [9.17, 15) is 4.79 Å². The van der Waals surface area contributed by atoms with Gasteiger partial charge in [-0.3, -0.25) is 9.36 Å². The minimum atomic E-state index is -0.0651. The minimum absolute atomic E-state index is 0.0651. The number of hydrogen-bond acceptors (Lipinski definition) is 5. The van der Waals surface area contributed by atoms with E-state index in [2.05, 4.69) is 17.1 Å². The monoisotopic (exact) mass is 321 g/mol. The van der Waals surface area contributed by atoms with Crippen LogP contribution >= 0.6 is 23.6 Å². The third-order valence-corrected chi connectivity index (χ3v) is 5.09. The molecule has 0 saturated heterocycles. The molecule has 0 amide bonds. The fourth-order valence-corrected chi connectivity index (χ4v) is 3.60. The Morgan fingerprint density at radius 2 is 2.24 bits per heavy atom. The van der Waals surface area contributed by atoms with Gasteiger partial charge in [0, 0.05) is 10.4 Å². The zero-order valence-electron chi connectivity index (χ0n) is 12.0. The molecule has 0 saturated carbocycles. The molecule has 3 aromatic heterocycles. The van der Waals surface area contributed by atoms with Crippen LogP contribution in [-0.4, -0.2) is 14.7 Å². The highest BCUT2D eigenvalue weighted by atomic mass is 32.1. The molecule has 110 valence electrons. The molecule has 0 aliphatic carbocycles. The summed E-state index contributed by atoms with van der Waals surface area (Å²) in [5.41, 5.74) is 1.63. The van der Waals surface area contributed by atoms with Crippen molar-refractivity contribution in [1.29, 1.82) is 0 Å². The number of H-pyrrole nitrogens is 1. The molecule has 0 aromatic carbocycles. The Morgan fingerprint density at radius 1 is 1.48 bits per heavy atom. The summed E-state index contributed by atoms with van der Waals surface area (Å²) in [6.45, 7) is 6.15. The van der Waals surface area contributed by atoms with E-state index < -0.39 is 0 Å². The first-order valence-corrected chi connectivity index (χ1v) is 7.91. The molecule has 0 unspecified atom stereocenters. The summed E-state index contributed by atoms with van der Waals surface area (Å²) in [4.78, 5) is 17.8. The summed E-state index contributed by atoms with van der Waals surface area (Å²) in [6, 6.07) is 1.94. The van der Waals surface area contributed by atoms with Gasteiger partial charge in [0.15, 0.2) is 4.77 Å². The number of fused-ring (bicyclic) bond motifs is 1. The summed E-state index contributed by atoms with van der Waals surface area (Å²) >= 11 is 6.92. The van der Waals surface area contributed by atoms with Gasteiger partial charge in [-0.15, -0.1) is 11.3 Å². The fraction of sp³-hybridized carbons (Fsp3) is 0.357. The van der Waals surface area contributed by atoms with Crippen LogP contribution < -0.4 is 5.56 Å². The van der Waals surface area contributed by atoms with Gasteiger partial charge in [-0.2, -0.15) is 0 Å².